The van der Waals surface area contributed by atoms with Crippen LogP contribution in [0.4, 0.5) is 0 Å². The van der Waals surface area contributed by atoms with E-state index in [1.165, 1.54) is 83.5 Å². The number of rotatable bonds is 44. The van der Waals surface area contributed by atoms with E-state index in [0.717, 1.165) is 77.0 Å². The molecular weight excluding hydrogens is 798 g/mol. The molecule has 0 spiro atoms. The zero-order valence-electron chi connectivity index (χ0n) is 40.3. The van der Waals surface area contributed by atoms with Gasteiger partial charge in [-0.2, -0.15) is 0 Å². The first kappa shape index (κ1) is 59.5. The summed E-state index contributed by atoms with van der Waals surface area (Å²) in [4.78, 5) is 35.2. The van der Waals surface area contributed by atoms with Gasteiger partial charge in [-0.05, 0) is 64.2 Å². The van der Waals surface area contributed by atoms with Crippen LogP contribution in [0.15, 0.2) is 72.9 Å². The lowest BCUT2D eigenvalue weighted by molar-refractivity contribution is -0.870. The molecule has 9 nitrogen and oxygen atoms in total. The minimum atomic E-state index is -4.37. The Balaban J connectivity index is 4.04. The third-order valence-corrected chi connectivity index (χ3v) is 11.2. The number of allylic oxidation sites excluding steroid dienone is 12. The molecule has 0 aliphatic carbocycles. The largest absolute Gasteiger partial charge is 0.472 e. The van der Waals surface area contributed by atoms with E-state index in [4.69, 9.17) is 18.5 Å². The number of likely N-dealkylation sites (N-methyl/N-ethyl adjacent to an activating group) is 1. The van der Waals surface area contributed by atoms with Gasteiger partial charge in [0.2, 0.25) is 0 Å². The van der Waals surface area contributed by atoms with Gasteiger partial charge in [0.1, 0.15) is 19.8 Å². The van der Waals surface area contributed by atoms with Gasteiger partial charge in [-0.1, -0.05) is 189 Å². The second kappa shape index (κ2) is 43.7. The highest BCUT2D eigenvalue weighted by molar-refractivity contribution is 7.47. The van der Waals surface area contributed by atoms with Crippen LogP contribution in [-0.2, 0) is 32.7 Å². The van der Waals surface area contributed by atoms with Crippen molar-refractivity contribution in [1.29, 1.82) is 0 Å². The van der Waals surface area contributed by atoms with E-state index in [9.17, 15) is 19.0 Å². The number of hydrogen-bond acceptors (Lipinski definition) is 7. The van der Waals surface area contributed by atoms with Gasteiger partial charge < -0.3 is 18.9 Å². The Bertz CT molecular complexity index is 1280. The van der Waals surface area contributed by atoms with E-state index < -0.39 is 26.5 Å². The average Bonchev–Trinajstić information content (AvgIpc) is 3.23. The van der Waals surface area contributed by atoms with E-state index in [1.807, 2.05) is 21.1 Å². The van der Waals surface area contributed by atoms with Crippen molar-refractivity contribution in [3.05, 3.63) is 72.9 Å². The summed E-state index contributed by atoms with van der Waals surface area (Å²) in [6.07, 6.45) is 55.6. The molecule has 0 aromatic carbocycles. The molecule has 0 saturated heterocycles. The molecule has 0 heterocycles. The molecule has 0 saturated carbocycles. The number of ether oxygens (including phenoxy) is 2. The van der Waals surface area contributed by atoms with Crippen LogP contribution in [0.1, 0.15) is 194 Å². The van der Waals surface area contributed by atoms with Crippen LogP contribution in [0.25, 0.3) is 0 Å². The Kier molecular flexibility index (Phi) is 41.9. The van der Waals surface area contributed by atoms with Gasteiger partial charge in [0.15, 0.2) is 6.10 Å². The first-order chi connectivity index (χ1) is 30.0. The number of phosphoric ester groups is 1. The maximum Gasteiger partial charge on any atom is 0.472 e. The smallest absolute Gasteiger partial charge is 0.462 e. The highest BCUT2D eigenvalue weighted by atomic mass is 31.2. The molecule has 1 N–H and O–H groups in total. The molecule has 2 unspecified atom stereocenters. The highest BCUT2D eigenvalue weighted by Gasteiger charge is 2.27. The summed E-state index contributed by atoms with van der Waals surface area (Å²) in [5.41, 5.74) is 0. The second-order valence-electron chi connectivity index (χ2n) is 17.5. The van der Waals surface area contributed by atoms with Gasteiger partial charge in [0.25, 0.3) is 0 Å². The first-order valence-corrected chi connectivity index (χ1v) is 26.2. The fourth-order valence-corrected chi connectivity index (χ4v) is 7.17. The molecule has 2 atom stereocenters. The molecule has 0 amide bonds. The maximum absolute atomic E-state index is 12.7. The second-order valence-corrected chi connectivity index (χ2v) is 18.9. The molecule has 0 rings (SSSR count). The fraction of sp³-hybridized carbons (Fsp3) is 0.731. The van der Waals surface area contributed by atoms with Crippen molar-refractivity contribution in [3.63, 3.8) is 0 Å². The maximum atomic E-state index is 12.7. The van der Waals surface area contributed by atoms with Gasteiger partial charge in [-0.15, -0.1) is 0 Å². The molecule has 0 aliphatic heterocycles. The number of hydrogen-bond donors (Lipinski definition) is 1. The predicted molar refractivity (Wildman–Crippen MR) is 261 cm³/mol. The summed E-state index contributed by atoms with van der Waals surface area (Å²) in [5, 5.41) is 0. The van der Waals surface area contributed by atoms with Crippen LogP contribution in [0.3, 0.4) is 0 Å². The SMILES string of the molecule is CC/C=C\C/C=C\C/C=C\C/C=C\C/C=C\C/C=C\CCCCCCCCCCCCCCC(=O)OC(COC(=O)CCCCCCCCC)COP(=O)(O)OCC[N+](C)(C)C. The number of quaternary nitrogens is 1. The lowest BCUT2D eigenvalue weighted by Crippen LogP contribution is -2.37. The predicted octanol–water partition coefficient (Wildman–Crippen LogP) is 14.6. The minimum absolute atomic E-state index is 0.0298. The number of nitrogens with zero attached hydrogens (tertiary/aromatic N) is 1. The highest BCUT2D eigenvalue weighted by Crippen LogP contribution is 2.43. The van der Waals surface area contributed by atoms with E-state index in [2.05, 4.69) is 86.8 Å². The summed E-state index contributed by atoms with van der Waals surface area (Å²) in [6.45, 7) is 4.25. The van der Waals surface area contributed by atoms with Crippen molar-refractivity contribution in [1.82, 2.24) is 0 Å². The number of esters is 2. The third-order valence-electron chi connectivity index (χ3n) is 10.3. The lowest BCUT2D eigenvalue weighted by Gasteiger charge is -2.24. The number of carbonyl (C=O) groups is 2. The summed E-state index contributed by atoms with van der Waals surface area (Å²) >= 11 is 0. The zero-order valence-corrected chi connectivity index (χ0v) is 41.2. The standard InChI is InChI=1S/C52H92NO8P/c1-6-8-10-12-14-15-16-17-18-19-20-21-22-23-24-25-26-27-28-29-30-31-32-33-34-35-36-37-39-41-43-45-52(55)61-50(49-60-62(56,57)59-47-46-53(3,4)5)48-58-51(54)44-42-40-38-13-11-9-7-2/h8,10,14-15,17-18,20-21,23-24,26-27,50H,6-7,9,11-13,16,19,22,25,28-49H2,1-5H3/p+1/b10-8-,15-14-,18-17-,21-20-,24-23-,27-26-. The van der Waals surface area contributed by atoms with Crippen molar-refractivity contribution >= 4 is 19.8 Å². The van der Waals surface area contributed by atoms with Crippen LogP contribution in [0.5, 0.6) is 0 Å². The van der Waals surface area contributed by atoms with Crippen molar-refractivity contribution in [3.8, 4) is 0 Å². The molecule has 62 heavy (non-hydrogen) atoms. The Morgan fingerprint density at radius 3 is 1.37 bits per heavy atom. The van der Waals surface area contributed by atoms with Gasteiger partial charge in [-0.3, -0.25) is 18.6 Å². The van der Waals surface area contributed by atoms with Crippen molar-refractivity contribution in [2.24, 2.45) is 0 Å². The Morgan fingerprint density at radius 1 is 0.516 bits per heavy atom. The first-order valence-electron chi connectivity index (χ1n) is 24.7. The third kappa shape index (κ3) is 46.9. The summed E-state index contributed by atoms with van der Waals surface area (Å²) < 4.78 is 34.2. The Labute approximate surface area is 380 Å². The molecule has 0 aliphatic rings. The van der Waals surface area contributed by atoms with Crippen LogP contribution >= 0.6 is 7.82 Å². The number of phosphoric acid groups is 1. The molecule has 0 radical (unpaired) electrons. The van der Waals surface area contributed by atoms with Gasteiger partial charge in [-0.25, -0.2) is 4.57 Å². The average molecular weight is 891 g/mol. The van der Waals surface area contributed by atoms with E-state index in [1.54, 1.807) is 0 Å². The van der Waals surface area contributed by atoms with E-state index in [0.29, 0.717) is 17.4 Å². The van der Waals surface area contributed by atoms with Crippen LogP contribution in [0.2, 0.25) is 0 Å². The topological polar surface area (TPSA) is 108 Å². The molecule has 0 bridgehead atoms. The van der Waals surface area contributed by atoms with Crippen LogP contribution < -0.4 is 0 Å². The van der Waals surface area contributed by atoms with Crippen LogP contribution in [0, 0.1) is 0 Å². The molecular formula is C52H93NO8P+. The van der Waals surface area contributed by atoms with Crippen LogP contribution in [-0.4, -0.2) is 74.9 Å². The molecule has 358 valence electrons. The molecule has 0 fully saturated rings. The summed E-state index contributed by atoms with van der Waals surface area (Å²) in [7, 11) is 1.47. The molecule has 0 aromatic heterocycles. The van der Waals surface area contributed by atoms with Gasteiger partial charge >= 0.3 is 19.8 Å². The van der Waals surface area contributed by atoms with Gasteiger partial charge in [0.05, 0.1) is 27.7 Å². The Hall–Kier alpha value is -2.55. The minimum Gasteiger partial charge on any atom is -0.462 e. The molecule has 0 aromatic rings. The fourth-order valence-electron chi connectivity index (χ4n) is 6.43. The normalized spacial score (nSPS) is 14.1. The van der Waals surface area contributed by atoms with E-state index >= 15 is 0 Å². The summed E-state index contributed by atoms with van der Waals surface area (Å²) in [5.74, 6) is -0.809. The van der Waals surface area contributed by atoms with Crippen molar-refractivity contribution < 1.29 is 42.1 Å². The molecule has 10 heteroatoms. The van der Waals surface area contributed by atoms with Crippen molar-refractivity contribution in [2.75, 3.05) is 47.5 Å². The monoisotopic (exact) mass is 891 g/mol. The number of carbonyl (C=O) groups excluding carboxylic acids is 2. The quantitative estimate of drug-likeness (QED) is 0.0212. The van der Waals surface area contributed by atoms with Gasteiger partial charge in [0, 0.05) is 12.8 Å². The Morgan fingerprint density at radius 2 is 0.919 bits per heavy atom. The van der Waals surface area contributed by atoms with E-state index in [-0.39, 0.29) is 32.0 Å². The summed E-state index contributed by atoms with van der Waals surface area (Å²) in [6, 6.07) is 0. The van der Waals surface area contributed by atoms with Crippen molar-refractivity contribution in [2.45, 2.75) is 200 Å². The lowest BCUT2D eigenvalue weighted by atomic mass is 10.0. The zero-order chi connectivity index (χ0) is 45.7. The number of unbranched alkanes of at least 4 members (excludes halogenated alkanes) is 18.